The van der Waals surface area contributed by atoms with Gasteiger partial charge in [0.1, 0.15) is 0 Å². The molecule has 0 radical (unpaired) electrons. The number of hydrogen-bond donors (Lipinski definition) is 2. The molecule has 0 aliphatic heterocycles. The van der Waals surface area contributed by atoms with Crippen LogP contribution in [0.25, 0.3) is 10.9 Å². The summed E-state index contributed by atoms with van der Waals surface area (Å²) in [5.74, 6) is -1.48. The van der Waals surface area contributed by atoms with E-state index in [9.17, 15) is 9.59 Å². The van der Waals surface area contributed by atoms with Crippen LogP contribution in [0.15, 0.2) is 54.7 Å². The Morgan fingerprint density at radius 3 is 2.57 bits per heavy atom. The van der Waals surface area contributed by atoms with Crippen LogP contribution in [0.1, 0.15) is 30.7 Å². The summed E-state index contributed by atoms with van der Waals surface area (Å²) in [6.45, 7) is 1.21. The molecule has 1 aromatic heterocycles. The molecule has 28 heavy (non-hydrogen) atoms. The zero-order chi connectivity index (χ0) is 19.9. The van der Waals surface area contributed by atoms with Gasteiger partial charge in [-0.1, -0.05) is 41.9 Å². The number of carboxylic acid groups (broad SMARTS) is 1. The molecule has 1 unspecified atom stereocenters. The third-order valence-electron chi connectivity index (χ3n) is 4.54. The molecular weight excluding hydrogens is 378 g/mol. The fourth-order valence-corrected chi connectivity index (χ4v) is 3.27. The monoisotopic (exact) mass is 399 g/mol. The van der Waals surface area contributed by atoms with Gasteiger partial charge in [-0.15, -0.1) is 0 Å². The third-order valence-corrected chi connectivity index (χ3v) is 4.79. The molecule has 6 nitrogen and oxygen atoms in total. The van der Waals surface area contributed by atoms with Crippen LogP contribution in [0.5, 0.6) is 0 Å². The molecule has 7 heteroatoms. The predicted molar refractivity (Wildman–Crippen MR) is 108 cm³/mol. The number of carbonyl (C=O) groups excluding carboxylic acids is 1. The zero-order valence-electron chi connectivity index (χ0n) is 15.3. The second-order valence-corrected chi connectivity index (χ2v) is 7.14. The van der Waals surface area contributed by atoms with Gasteiger partial charge < -0.3 is 10.4 Å². The van der Waals surface area contributed by atoms with E-state index in [4.69, 9.17) is 16.7 Å². The van der Waals surface area contributed by atoms with E-state index in [0.29, 0.717) is 18.1 Å². The maximum atomic E-state index is 12.3. The summed E-state index contributed by atoms with van der Waals surface area (Å²) in [7, 11) is 0. The highest BCUT2D eigenvalue weighted by molar-refractivity contribution is 6.30. The van der Waals surface area contributed by atoms with Crippen molar-refractivity contribution in [2.24, 2.45) is 0 Å². The molecule has 0 saturated carbocycles. The minimum atomic E-state index is -0.932. The Kier molecular flexibility index (Phi) is 6.66. The topological polar surface area (TPSA) is 84.2 Å². The van der Waals surface area contributed by atoms with Crippen LogP contribution in [0.4, 0.5) is 0 Å². The van der Waals surface area contributed by atoms with E-state index in [-0.39, 0.29) is 24.7 Å². The van der Waals surface area contributed by atoms with E-state index in [2.05, 4.69) is 10.4 Å². The molecule has 0 aliphatic carbocycles. The summed E-state index contributed by atoms with van der Waals surface area (Å²) in [5.41, 5.74) is 1.75. The number of nitrogens with one attached hydrogen (secondary N) is 1. The van der Waals surface area contributed by atoms with Gasteiger partial charge in [-0.05, 0) is 30.2 Å². The lowest BCUT2D eigenvalue weighted by Gasteiger charge is -2.15. The van der Waals surface area contributed by atoms with Crippen molar-refractivity contribution in [3.63, 3.8) is 0 Å². The van der Waals surface area contributed by atoms with Crippen molar-refractivity contribution in [3.05, 3.63) is 65.3 Å². The fraction of sp³-hybridized carbons (Fsp3) is 0.286. The first-order valence-corrected chi connectivity index (χ1v) is 9.55. The molecule has 0 aliphatic rings. The number of benzene rings is 2. The first kappa shape index (κ1) is 19.9. The van der Waals surface area contributed by atoms with Gasteiger partial charge >= 0.3 is 5.97 Å². The predicted octanol–water partition coefficient (Wildman–Crippen LogP) is 3.84. The number of aliphatic carboxylic acids is 1. The Bertz CT molecular complexity index is 920. The molecule has 0 bridgehead atoms. The summed E-state index contributed by atoms with van der Waals surface area (Å²) in [6, 6.07) is 14.9. The van der Waals surface area contributed by atoms with Crippen LogP contribution in [0.3, 0.4) is 0 Å². The summed E-state index contributed by atoms with van der Waals surface area (Å²) >= 11 is 5.89. The molecule has 1 atom stereocenters. The van der Waals surface area contributed by atoms with Crippen LogP contribution < -0.4 is 5.32 Å². The largest absolute Gasteiger partial charge is 0.481 e. The number of amides is 1. The van der Waals surface area contributed by atoms with Crippen molar-refractivity contribution in [1.29, 1.82) is 0 Å². The average Bonchev–Trinajstić information content (AvgIpc) is 3.08. The summed E-state index contributed by atoms with van der Waals surface area (Å²) < 4.78 is 1.87. The van der Waals surface area contributed by atoms with Crippen molar-refractivity contribution >= 4 is 34.4 Å². The van der Waals surface area contributed by atoms with Crippen LogP contribution >= 0.6 is 11.6 Å². The maximum Gasteiger partial charge on any atom is 0.303 e. The lowest BCUT2D eigenvalue weighted by Crippen LogP contribution is -2.27. The standard InChI is InChI=1S/C21H22ClN3O3/c22-18-8-6-15(7-9-18)17(13-21(27)28)12-20(26)23-10-3-11-25-14-16-4-1-2-5-19(16)24-25/h1-2,4-9,14,17H,3,10-13H2,(H,23,26)(H,27,28). The maximum absolute atomic E-state index is 12.3. The minimum absolute atomic E-state index is 0.102. The highest BCUT2D eigenvalue weighted by Crippen LogP contribution is 2.25. The highest BCUT2D eigenvalue weighted by Gasteiger charge is 2.19. The van der Waals surface area contributed by atoms with Crippen molar-refractivity contribution in [3.8, 4) is 0 Å². The summed E-state index contributed by atoms with van der Waals surface area (Å²) in [5, 5.41) is 18.2. The molecule has 1 heterocycles. The third kappa shape index (κ3) is 5.57. The van der Waals surface area contributed by atoms with Gasteiger partial charge in [0.25, 0.3) is 0 Å². The Labute approximate surface area is 168 Å². The lowest BCUT2D eigenvalue weighted by molar-refractivity contribution is -0.137. The molecule has 0 saturated heterocycles. The van der Waals surface area contributed by atoms with Gasteiger partial charge in [-0.3, -0.25) is 14.3 Å². The number of halogens is 1. The number of hydrogen-bond acceptors (Lipinski definition) is 3. The number of carbonyl (C=O) groups is 2. The number of rotatable bonds is 9. The second kappa shape index (κ2) is 9.37. The van der Waals surface area contributed by atoms with Crippen LogP contribution in [-0.2, 0) is 16.1 Å². The van der Waals surface area contributed by atoms with Crippen molar-refractivity contribution in [2.45, 2.75) is 31.7 Å². The Hall–Kier alpha value is -2.86. The van der Waals surface area contributed by atoms with Crippen molar-refractivity contribution in [1.82, 2.24) is 15.1 Å². The van der Waals surface area contributed by atoms with E-state index >= 15 is 0 Å². The van der Waals surface area contributed by atoms with Gasteiger partial charge in [0.2, 0.25) is 5.91 Å². The number of aromatic nitrogens is 2. The first-order valence-electron chi connectivity index (χ1n) is 9.17. The highest BCUT2D eigenvalue weighted by atomic mass is 35.5. The van der Waals surface area contributed by atoms with Crippen LogP contribution in [-0.4, -0.2) is 33.3 Å². The molecule has 146 valence electrons. The molecule has 0 spiro atoms. The van der Waals surface area contributed by atoms with Gasteiger partial charge in [-0.25, -0.2) is 0 Å². The second-order valence-electron chi connectivity index (χ2n) is 6.70. The van der Waals surface area contributed by atoms with E-state index in [0.717, 1.165) is 22.9 Å². The normalized spacial score (nSPS) is 12.0. The molecule has 2 aromatic carbocycles. The molecule has 3 aromatic rings. The Balaban J connectivity index is 1.48. The smallest absolute Gasteiger partial charge is 0.303 e. The number of aryl methyl sites for hydroxylation is 1. The van der Waals surface area contributed by atoms with Crippen molar-refractivity contribution < 1.29 is 14.7 Å². The van der Waals surface area contributed by atoms with Gasteiger partial charge in [0.15, 0.2) is 0 Å². The summed E-state index contributed by atoms with van der Waals surface area (Å²) in [4.78, 5) is 23.4. The van der Waals surface area contributed by atoms with E-state index in [1.54, 1.807) is 24.3 Å². The number of nitrogens with zero attached hydrogens (tertiary/aromatic N) is 2. The molecule has 0 fully saturated rings. The zero-order valence-corrected chi connectivity index (χ0v) is 16.1. The molecular formula is C21H22ClN3O3. The minimum Gasteiger partial charge on any atom is -0.481 e. The summed E-state index contributed by atoms with van der Waals surface area (Å²) in [6.07, 6.45) is 2.75. The van der Waals surface area contributed by atoms with Crippen LogP contribution in [0.2, 0.25) is 5.02 Å². The number of fused-ring (bicyclic) bond motifs is 1. The first-order chi connectivity index (χ1) is 13.5. The fourth-order valence-electron chi connectivity index (χ4n) is 3.15. The van der Waals surface area contributed by atoms with E-state index in [1.807, 2.05) is 35.1 Å². The SMILES string of the molecule is O=C(O)CC(CC(=O)NCCCn1cc2ccccc2n1)c1ccc(Cl)cc1. The van der Waals surface area contributed by atoms with E-state index < -0.39 is 5.97 Å². The van der Waals surface area contributed by atoms with Gasteiger partial charge in [0.05, 0.1) is 11.9 Å². The molecule has 2 N–H and O–H groups in total. The Morgan fingerprint density at radius 2 is 1.86 bits per heavy atom. The lowest BCUT2D eigenvalue weighted by atomic mass is 9.92. The van der Waals surface area contributed by atoms with E-state index in [1.165, 1.54) is 0 Å². The number of carboxylic acids is 1. The Morgan fingerprint density at radius 1 is 1.11 bits per heavy atom. The molecule has 1 amide bonds. The quantitative estimate of drug-likeness (QED) is 0.535. The van der Waals surface area contributed by atoms with Gasteiger partial charge in [-0.2, -0.15) is 5.10 Å². The van der Waals surface area contributed by atoms with Crippen LogP contribution in [0, 0.1) is 0 Å². The van der Waals surface area contributed by atoms with Crippen molar-refractivity contribution in [2.75, 3.05) is 6.54 Å². The van der Waals surface area contributed by atoms with Gasteiger partial charge in [0, 0.05) is 42.0 Å². The average molecular weight is 400 g/mol. The molecule has 3 rings (SSSR count).